The number of rotatable bonds is 3. The van der Waals surface area contributed by atoms with Crippen molar-refractivity contribution in [2.45, 2.75) is 33.7 Å². The molecule has 0 aliphatic rings. The van der Waals surface area contributed by atoms with Crippen molar-refractivity contribution in [1.82, 2.24) is 4.98 Å². The number of carboxylic acids is 1. The first-order valence-corrected chi connectivity index (χ1v) is 5.65. The lowest BCUT2D eigenvalue weighted by atomic mass is 9.87. The highest BCUT2D eigenvalue weighted by atomic mass is 16.4. The maximum Gasteiger partial charge on any atom is 0.337 e. The summed E-state index contributed by atoms with van der Waals surface area (Å²) < 4.78 is 0. The number of nitrogens with zero attached hydrogens (tertiary/aromatic N) is 2. The predicted molar refractivity (Wildman–Crippen MR) is 68.5 cm³/mol. The average molecular weight is 236 g/mol. The van der Waals surface area contributed by atoms with Gasteiger partial charge in [-0.15, -0.1) is 0 Å². The second-order valence-corrected chi connectivity index (χ2v) is 5.36. The van der Waals surface area contributed by atoms with Gasteiger partial charge in [0, 0.05) is 19.3 Å². The molecule has 1 N–H and O–H groups in total. The number of aromatic nitrogens is 1. The molecule has 94 valence electrons. The number of hydrogen-bond donors (Lipinski definition) is 1. The molecular formula is C13H20N2O2. The Labute approximate surface area is 102 Å². The summed E-state index contributed by atoms with van der Waals surface area (Å²) in [5, 5.41) is 8.80. The Kier molecular flexibility index (Phi) is 3.76. The van der Waals surface area contributed by atoms with Crippen LogP contribution in [0.1, 0.15) is 38.1 Å². The van der Waals surface area contributed by atoms with E-state index >= 15 is 0 Å². The third-order valence-corrected chi connectivity index (χ3v) is 3.19. The maximum atomic E-state index is 10.7. The molecule has 4 heteroatoms. The Balaban J connectivity index is 2.90. The summed E-state index contributed by atoms with van der Waals surface area (Å²) in [6, 6.07) is 3.63. The van der Waals surface area contributed by atoms with Gasteiger partial charge in [0.2, 0.25) is 0 Å². The second-order valence-electron chi connectivity index (χ2n) is 5.36. The summed E-state index contributed by atoms with van der Waals surface area (Å²) in [7, 11) is 1.97. The van der Waals surface area contributed by atoms with E-state index in [1.165, 1.54) is 6.20 Å². The van der Waals surface area contributed by atoms with Crippen LogP contribution in [-0.2, 0) is 0 Å². The lowest BCUT2D eigenvalue weighted by molar-refractivity contribution is 0.0696. The van der Waals surface area contributed by atoms with Gasteiger partial charge in [0.25, 0.3) is 0 Å². The van der Waals surface area contributed by atoms with Gasteiger partial charge in [-0.2, -0.15) is 0 Å². The third-order valence-electron chi connectivity index (χ3n) is 3.19. The van der Waals surface area contributed by atoms with Crippen molar-refractivity contribution in [3.63, 3.8) is 0 Å². The molecule has 0 fully saturated rings. The van der Waals surface area contributed by atoms with Crippen molar-refractivity contribution in [3.8, 4) is 0 Å². The molecule has 1 rings (SSSR count). The lowest BCUT2D eigenvalue weighted by Gasteiger charge is -2.36. The first-order chi connectivity index (χ1) is 7.73. The van der Waals surface area contributed by atoms with Gasteiger partial charge in [0.05, 0.1) is 5.56 Å². The molecule has 0 aromatic carbocycles. The molecule has 0 spiro atoms. The summed E-state index contributed by atoms with van der Waals surface area (Å²) in [6.45, 7) is 8.63. The molecular weight excluding hydrogens is 216 g/mol. The lowest BCUT2D eigenvalue weighted by Crippen LogP contribution is -2.39. The van der Waals surface area contributed by atoms with E-state index in [1.54, 1.807) is 12.1 Å². The topological polar surface area (TPSA) is 53.4 Å². The number of carbonyl (C=O) groups is 1. The van der Waals surface area contributed by atoms with E-state index in [9.17, 15) is 4.79 Å². The summed E-state index contributed by atoms with van der Waals surface area (Å²) >= 11 is 0. The van der Waals surface area contributed by atoms with E-state index in [4.69, 9.17) is 5.11 Å². The minimum Gasteiger partial charge on any atom is -0.478 e. The van der Waals surface area contributed by atoms with Crippen LogP contribution in [0.3, 0.4) is 0 Å². The van der Waals surface area contributed by atoms with Crippen LogP contribution < -0.4 is 4.90 Å². The first kappa shape index (κ1) is 13.5. The summed E-state index contributed by atoms with van der Waals surface area (Å²) in [4.78, 5) is 17.0. The Morgan fingerprint density at radius 2 is 2.00 bits per heavy atom. The van der Waals surface area contributed by atoms with Gasteiger partial charge in [-0.1, -0.05) is 20.8 Å². The highest BCUT2D eigenvalue weighted by molar-refractivity contribution is 5.87. The fraction of sp³-hybridized carbons (Fsp3) is 0.538. The largest absolute Gasteiger partial charge is 0.478 e. The molecule has 0 saturated carbocycles. The molecule has 1 atom stereocenters. The van der Waals surface area contributed by atoms with Crippen molar-refractivity contribution in [2.75, 3.05) is 11.9 Å². The first-order valence-electron chi connectivity index (χ1n) is 5.65. The van der Waals surface area contributed by atoms with Crippen molar-refractivity contribution >= 4 is 11.8 Å². The zero-order valence-electron chi connectivity index (χ0n) is 11.1. The fourth-order valence-electron chi connectivity index (χ4n) is 1.50. The minimum absolute atomic E-state index is 0.141. The number of hydrogen-bond acceptors (Lipinski definition) is 3. The molecule has 17 heavy (non-hydrogen) atoms. The predicted octanol–water partition coefficient (Wildman–Crippen LogP) is 2.65. The standard InChI is InChI=1S/C13H20N2O2/c1-9(13(2,3)4)15(5)11-7-6-10(8-14-11)12(16)17/h6-9H,1-5H3,(H,16,17). The van der Waals surface area contributed by atoms with Crippen LogP contribution in [-0.4, -0.2) is 29.1 Å². The molecule has 0 bridgehead atoms. The average Bonchev–Trinajstić information content (AvgIpc) is 2.26. The van der Waals surface area contributed by atoms with E-state index in [-0.39, 0.29) is 11.0 Å². The minimum atomic E-state index is -0.949. The summed E-state index contributed by atoms with van der Waals surface area (Å²) in [5.74, 6) is -0.159. The molecule has 0 aliphatic carbocycles. The zero-order valence-corrected chi connectivity index (χ0v) is 11.1. The second kappa shape index (κ2) is 4.73. The number of carboxylic acid groups (broad SMARTS) is 1. The third kappa shape index (κ3) is 3.19. The summed E-state index contributed by atoms with van der Waals surface area (Å²) in [5.41, 5.74) is 0.354. The van der Waals surface area contributed by atoms with Crippen LogP contribution in [0.2, 0.25) is 0 Å². The van der Waals surface area contributed by atoms with Gasteiger partial charge in [-0.05, 0) is 24.5 Å². The highest BCUT2D eigenvalue weighted by Crippen LogP contribution is 2.26. The summed E-state index contributed by atoms with van der Waals surface area (Å²) in [6.07, 6.45) is 1.39. The van der Waals surface area contributed by atoms with E-state index in [0.29, 0.717) is 6.04 Å². The van der Waals surface area contributed by atoms with Gasteiger partial charge in [0.15, 0.2) is 0 Å². The SMILES string of the molecule is CC(N(C)c1ccc(C(=O)O)cn1)C(C)(C)C. The van der Waals surface area contributed by atoms with Crippen molar-refractivity contribution < 1.29 is 9.90 Å². The molecule has 4 nitrogen and oxygen atoms in total. The smallest absolute Gasteiger partial charge is 0.337 e. The van der Waals surface area contributed by atoms with E-state index < -0.39 is 5.97 Å². The van der Waals surface area contributed by atoms with Crippen LogP contribution in [0.4, 0.5) is 5.82 Å². The molecule has 1 aromatic rings. The molecule has 1 heterocycles. The van der Waals surface area contributed by atoms with Crippen molar-refractivity contribution in [2.24, 2.45) is 5.41 Å². The van der Waals surface area contributed by atoms with Crippen LogP contribution in [0, 0.1) is 5.41 Å². The Hall–Kier alpha value is -1.58. The normalized spacial score (nSPS) is 13.2. The monoisotopic (exact) mass is 236 g/mol. The van der Waals surface area contributed by atoms with Crippen LogP contribution in [0.5, 0.6) is 0 Å². The van der Waals surface area contributed by atoms with E-state index in [2.05, 4.69) is 37.6 Å². The van der Waals surface area contributed by atoms with Gasteiger partial charge < -0.3 is 10.0 Å². The molecule has 0 aliphatic heterocycles. The zero-order chi connectivity index (χ0) is 13.2. The van der Waals surface area contributed by atoms with Crippen LogP contribution in [0.25, 0.3) is 0 Å². The highest BCUT2D eigenvalue weighted by Gasteiger charge is 2.24. The quantitative estimate of drug-likeness (QED) is 0.876. The van der Waals surface area contributed by atoms with Gasteiger partial charge in [-0.3, -0.25) is 0 Å². The molecule has 0 amide bonds. The Bertz CT molecular complexity index is 393. The number of anilines is 1. The van der Waals surface area contributed by atoms with Gasteiger partial charge in [0.1, 0.15) is 5.82 Å². The Morgan fingerprint density at radius 1 is 1.41 bits per heavy atom. The number of pyridine rings is 1. The molecule has 1 unspecified atom stereocenters. The van der Waals surface area contributed by atoms with Gasteiger partial charge >= 0.3 is 5.97 Å². The van der Waals surface area contributed by atoms with Crippen molar-refractivity contribution in [3.05, 3.63) is 23.9 Å². The van der Waals surface area contributed by atoms with Crippen LogP contribution in [0.15, 0.2) is 18.3 Å². The molecule has 0 saturated heterocycles. The fourth-order valence-corrected chi connectivity index (χ4v) is 1.50. The van der Waals surface area contributed by atoms with Crippen LogP contribution >= 0.6 is 0 Å². The maximum absolute atomic E-state index is 10.7. The van der Waals surface area contributed by atoms with E-state index in [1.807, 2.05) is 7.05 Å². The number of aromatic carboxylic acids is 1. The molecule has 0 radical (unpaired) electrons. The van der Waals surface area contributed by atoms with Crippen molar-refractivity contribution in [1.29, 1.82) is 0 Å². The van der Waals surface area contributed by atoms with Gasteiger partial charge in [-0.25, -0.2) is 9.78 Å². The Morgan fingerprint density at radius 3 is 2.35 bits per heavy atom. The van der Waals surface area contributed by atoms with E-state index in [0.717, 1.165) is 5.82 Å². The molecule has 1 aromatic heterocycles.